The molecule has 0 atom stereocenters. The highest BCUT2D eigenvalue weighted by atomic mass is 35.5. The molecule has 0 spiro atoms. The zero-order chi connectivity index (χ0) is 16.7. The fraction of sp³-hybridized carbons (Fsp3) is 0. The van der Waals surface area contributed by atoms with Crippen molar-refractivity contribution in [2.75, 3.05) is 0 Å². The molecule has 0 bridgehead atoms. The molecule has 0 saturated carbocycles. The van der Waals surface area contributed by atoms with Gasteiger partial charge < -0.3 is 9.67 Å². The molecule has 2 aromatic heterocycles. The Balaban J connectivity index is 2.07. The van der Waals surface area contributed by atoms with Gasteiger partial charge in [0.1, 0.15) is 5.75 Å². The van der Waals surface area contributed by atoms with Crippen LogP contribution in [0.3, 0.4) is 0 Å². The molecular weight excluding hydrogens is 345 g/mol. The van der Waals surface area contributed by atoms with Gasteiger partial charge in [0, 0.05) is 23.3 Å². The van der Waals surface area contributed by atoms with E-state index in [0.29, 0.717) is 21.3 Å². The summed E-state index contributed by atoms with van der Waals surface area (Å²) in [6.07, 6.45) is 5.27. The summed E-state index contributed by atoms with van der Waals surface area (Å²) in [5.74, 6) is 0.177. The van der Waals surface area contributed by atoms with Crippen LogP contribution in [-0.2, 0) is 0 Å². The number of aromatic nitrogens is 3. The SMILES string of the molecule is Oc1cccc(-c2cc(-n3ccnc3)c3ccc(Cl)c(Cl)c3n2)c1. The predicted octanol–water partition coefficient (Wildman–Crippen LogP) is 5.10. The second kappa shape index (κ2) is 5.82. The molecule has 2 heterocycles. The Morgan fingerprint density at radius 2 is 1.92 bits per heavy atom. The van der Waals surface area contributed by atoms with E-state index in [1.54, 1.807) is 36.8 Å². The maximum absolute atomic E-state index is 9.75. The van der Waals surface area contributed by atoms with Crippen LogP contribution in [-0.4, -0.2) is 19.6 Å². The molecule has 0 aliphatic heterocycles. The van der Waals surface area contributed by atoms with Gasteiger partial charge in [-0.2, -0.15) is 0 Å². The van der Waals surface area contributed by atoms with Gasteiger partial charge in [-0.1, -0.05) is 35.3 Å². The van der Waals surface area contributed by atoms with Crippen molar-refractivity contribution in [2.24, 2.45) is 0 Å². The third kappa shape index (κ3) is 2.50. The Bertz CT molecular complexity index is 1050. The Morgan fingerprint density at radius 3 is 2.67 bits per heavy atom. The third-order valence-corrected chi connectivity index (χ3v) is 4.57. The highest BCUT2D eigenvalue weighted by molar-refractivity contribution is 6.45. The summed E-state index contributed by atoms with van der Waals surface area (Å²) in [4.78, 5) is 8.76. The first-order chi connectivity index (χ1) is 11.6. The van der Waals surface area contributed by atoms with Gasteiger partial charge in [0.25, 0.3) is 0 Å². The Morgan fingerprint density at radius 1 is 1.04 bits per heavy atom. The molecule has 0 unspecified atom stereocenters. The summed E-state index contributed by atoms with van der Waals surface area (Å²) in [6, 6.07) is 12.5. The van der Waals surface area contributed by atoms with E-state index in [0.717, 1.165) is 16.6 Å². The monoisotopic (exact) mass is 355 g/mol. The van der Waals surface area contributed by atoms with Gasteiger partial charge in [-0.15, -0.1) is 0 Å². The number of benzene rings is 2. The summed E-state index contributed by atoms with van der Waals surface area (Å²) >= 11 is 12.5. The van der Waals surface area contributed by atoms with E-state index >= 15 is 0 Å². The molecule has 0 aliphatic carbocycles. The molecular formula is C18H11Cl2N3O. The molecule has 0 radical (unpaired) electrons. The maximum Gasteiger partial charge on any atom is 0.116 e. The molecule has 6 heteroatoms. The maximum atomic E-state index is 9.75. The van der Waals surface area contributed by atoms with E-state index in [-0.39, 0.29) is 5.75 Å². The van der Waals surface area contributed by atoms with Gasteiger partial charge >= 0.3 is 0 Å². The Hall–Kier alpha value is -2.56. The summed E-state index contributed by atoms with van der Waals surface area (Å²) in [7, 11) is 0. The third-order valence-electron chi connectivity index (χ3n) is 3.78. The average molecular weight is 356 g/mol. The topological polar surface area (TPSA) is 50.9 Å². The molecule has 118 valence electrons. The Labute approximate surface area is 147 Å². The first-order valence-corrected chi connectivity index (χ1v) is 7.95. The molecule has 2 aromatic carbocycles. The predicted molar refractivity (Wildman–Crippen MR) is 96.0 cm³/mol. The fourth-order valence-electron chi connectivity index (χ4n) is 2.64. The second-order valence-electron chi connectivity index (χ2n) is 5.30. The highest BCUT2D eigenvalue weighted by Gasteiger charge is 2.13. The molecule has 0 saturated heterocycles. The summed E-state index contributed by atoms with van der Waals surface area (Å²) < 4.78 is 1.89. The van der Waals surface area contributed by atoms with Crippen molar-refractivity contribution < 1.29 is 5.11 Å². The lowest BCUT2D eigenvalue weighted by Crippen LogP contribution is -1.96. The van der Waals surface area contributed by atoms with E-state index < -0.39 is 0 Å². The van der Waals surface area contributed by atoms with Gasteiger partial charge in [0.05, 0.1) is 33.3 Å². The summed E-state index contributed by atoms with van der Waals surface area (Å²) in [5, 5.41) is 11.5. The van der Waals surface area contributed by atoms with Crippen LogP contribution in [0.2, 0.25) is 10.0 Å². The number of rotatable bonds is 2. The van der Waals surface area contributed by atoms with E-state index in [9.17, 15) is 5.11 Å². The number of nitrogens with zero attached hydrogens (tertiary/aromatic N) is 3. The standard InChI is InChI=1S/C18H11Cl2N3O/c19-14-5-4-13-16(23-7-6-21-10-23)9-15(22-18(13)17(14)20)11-2-1-3-12(24)8-11/h1-10,24H. The minimum Gasteiger partial charge on any atom is -0.508 e. The molecule has 0 amide bonds. The van der Waals surface area contributed by atoms with Gasteiger partial charge in [0.2, 0.25) is 0 Å². The van der Waals surface area contributed by atoms with Crippen LogP contribution >= 0.6 is 23.2 Å². The van der Waals surface area contributed by atoms with Crippen molar-refractivity contribution in [3.05, 3.63) is 71.2 Å². The van der Waals surface area contributed by atoms with Crippen LogP contribution in [0, 0.1) is 0 Å². The number of imidazole rings is 1. The average Bonchev–Trinajstić information content (AvgIpc) is 3.12. The number of fused-ring (bicyclic) bond motifs is 1. The Kier molecular flexibility index (Phi) is 3.63. The van der Waals surface area contributed by atoms with E-state index in [4.69, 9.17) is 23.2 Å². The molecule has 24 heavy (non-hydrogen) atoms. The quantitative estimate of drug-likeness (QED) is 0.544. The lowest BCUT2D eigenvalue weighted by Gasteiger charge is -2.12. The van der Waals surface area contributed by atoms with Crippen molar-refractivity contribution in [3.63, 3.8) is 0 Å². The van der Waals surface area contributed by atoms with Crippen molar-refractivity contribution in [1.29, 1.82) is 0 Å². The molecule has 1 N–H and O–H groups in total. The number of halogens is 2. The van der Waals surface area contributed by atoms with E-state index in [2.05, 4.69) is 9.97 Å². The molecule has 4 rings (SSSR count). The van der Waals surface area contributed by atoms with E-state index in [1.807, 2.05) is 29.0 Å². The smallest absolute Gasteiger partial charge is 0.116 e. The van der Waals surface area contributed by atoms with Crippen molar-refractivity contribution in [3.8, 4) is 22.7 Å². The minimum atomic E-state index is 0.177. The largest absolute Gasteiger partial charge is 0.508 e. The number of aromatic hydroxyl groups is 1. The van der Waals surface area contributed by atoms with Crippen LogP contribution in [0.4, 0.5) is 0 Å². The molecule has 0 fully saturated rings. The van der Waals surface area contributed by atoms with Crippen LogP contribution < -0.4 is 0 Å². The minimum absolute atomic E-state index is 0.177. The van der Waals surface area contributed by atoms with Gasteiger partial charge in [-0.25, -0.2) is 9.97 Å². The zero-order valence-corrected chi connectivity index (χ0v) is 13.8. The van der Waals surface area contributed by atoms with Crippen LogP contribution in [0.15, 0.2) is 61.2 Å². The molecule has 0 aliphatic rings. The lowest BCUT2D eigenvalue weighted by atomic mass is 10.1. The summed E-state index contributed by atoms with van der Waals surface area (Å²) in [6.45, 7) is 0. The van der Waals surface area contributed by atoms with Gasteiger partial charge in [-0.05, 0) is 30.3 Å². The normalized spacial score (nSPS) is 11.1. The number of hydrogen-bond acceptors (Lipinski definition) is 3. The fourth-order valence-corrected chi connectivity index (χ4v) is 3.00. The van der Waals surface area contributed by atoms with Crippen LogP contribution in [0.1, 0.15) is 0 Å². The van der Waals surface area contributed by atoms with Crippen LogP contribution in [0.5, 0.6) is 5.75 Å². The first-order valence-electron chi connectivity index (χ1n) is 7.20. The lowest BCUT2D eigenvalue weighted by molar-refractivity contribution is 0.475. The highest BCUT2D eigenvalue weighted by Crippen LogP contribution is 2.35. The summed E-state index contributed by atoms with van der Waals surface area (Å²) in [5.41, 5.74) is 2.96. The zero-order valence-electron chi connectivity index (χ0n) is 12.3. The van der Waals surface area contributed by atoms with Crippen molar-refractivity contribution in [1.82, 2.24) is 14.5 Å². The van der Waals surface area contributed by atoms with E-state index in [1.165, 1.54) is 0 Å². The first kappa shape index (κ1) is 15.0. The van der Waals surface area contributed by atoms with Crippen LogP contribution in [0.25, 0.3) is 27.8 Å². The molecule has 4 aromatic rings. The number of hydrogen-bond donors (Lipinski definition) is 1. The van der Waals surface area contributed by atoms with Gasteiger partial charge in [0.15, 0.2) is 0 Å². The van der Waals surface area contributed by atoms with Crippen molar-refractivity contribution >= 4 is 34.1 Å². The number of pyridine rings is 1. The number of phenols is 1. The van der Waals surface area contributed by atoms with Crippen molar-refractivity contribution in [2.45, 2.75) is 0 Å². The second-order valence-corrected chi connectivity index (χ2v) is 6.09. The van der Waals surface area contributed by atoms with Gasteiger partial charge in [-0.3, -0.25) is 0 Å². The molecule has 4 nitrogen and oxygen atoms in total. The number of phenolic OH excluding ortho intramolecular Hbond substituents is 1.